The van der Waals surface area contributed by atoms with Crippen LogP contribution in [-0.2, 0) is 13.1 Å². The maximum Gasteiger partial charge on any atom is 0.254 e. The predicted octanol–water partition coefficient (Wildman–Crippen LogP) is 3.59. The molecule has 1 aliphatic heterocycles. The van der Waals surface area contributed by atoms with Gasteiger partial charge in [-0.1, -0.05) is 60.1 Å². The monoisotopic (exact) mass is 394 g/mol. The molecule has 1 aliphatic rings. The van der Waals surface area contributed by atoms with Gasteiger partial charge in [-0.3, -0.25) is 14.4 Å². The number of hydrogen-bond donors (Lipinski definition) is 1. The summed E-state index contributed by atoms with van der Waals surface area (Å²) in [6.45, 7) is 3.32. The maximum absolute atomic E-state index is 12.6. The number of hydrogen-bond acceptors (Lipinski definition) is 3. The molecule has 5 nitrogen and oxygen atoms in total. The molecule has 2 aromatic carbocycles. The van der Waals surface area contributed by atoms with Gasteiger partial charge in [0.1, 0.15) is 0 Å². The standard InChI is InChI=1S/C22H23ClN4O/c23-21-9-5-4-8-18(21)14-27-15-19(12-24-27)22(28)25-20-10-11-26(16-20)13-17-6-2-1-3-7-17/h1-9,12,15,20H,10-11,13-14,16H2,(H,25,28). The van der Waals surface area contributed by atoms with E-state index in [0.717, 1.165) is 31.6 Å². The molecule has 2 heterocycles. The van der Waals surface area contributed by atoms with Gasteiger partial charge < -0.3 is 5.32 Å². The minimum absolute atomic E-state index is 0.0723. The summed E-state index contributed by atoms with van der Waals surface area (Å²) in [4.78, 5) is 15.0. The molecule has 1 fully saturated rings. The molecule has 4 rings (SSSR count). The Bertz CT molecular complexity index is 940. The maximum atomic E-state index is 12.6. The Morgan fingerprint density at radius 2 is 1.89 bits per heavy atom. The van der Waals surface area contributed by atoms with Gasteiger partial charge in [0, 0.05) is 36.9 Å². The van der Waals surface area contributed by atoms with E-state index in [0.29, 0.717) is 17.1 Å². The van der Waals surface area contributed by atoms with Crippen LogP contribution in [0.3, 0.4) is 0 Å². The van der Waals surface area contributed by atoms with Gasteiger partial charge >= 0.3 is 0 Å². The fourth-order valence-electron chi connectivity index (χ4n) is 3.57. The van der Waals surface area contributed by atoms with Crippen LogP contribution in [0.5, 0.6) is 0 Å². The van der Waals surface area contributed by atoms with E-state index in [9.17, 15) is 4.79 Å². The van der Waals surface area contributed by atoms with E-state index in [2.05, 4.69) is 39.6 Å². The Morgan fingerprint density at radius 1 is 1.11 bits per heavy atom. The third-order valence-corrected chi connectivity index (χ3v) is 5.41. The van der Waals surface area contributed by atoms with Gasteiger partial charge in [0.25, 0.3) is 5.91 Å². The molecule has 0 radical (unpaired) electrons. The van der Waals surface area contributed by atoms with Crippen LogP contribution in [0, 0.1) is 0 Å². The highest BCUT2D eigenvalue weighted by atomic mass is 35.5. The second-order valence-electron chi connectivity index (χ2n) is 7.20. The van der Waals surface area contributed by atoms with E-state index in [1.54, 1.807) is 17.1 Å². The highest BCUT2D eigenvalue weighted by molar-refractivity contribution is 6.31. The first-order valence-corrected chi connectivity index (χ1v) is 9.88. The second-order valence-corrected chi connectivity index (χ2v) is 7.60. The van der Waals surface area contributed by atoms with Crippen molar-refractivity contribution >= 4 is 17.5 Å². The molecule has 1 N–H and O–H groups in total. The molecule has 6 heteroatoms. The third-order valence-electron chi connectivity index (χ3n) is 5.04. The Labute approximate surface area is 169 Å². The number of likely N-dealkylation sites (tertiary alicyclic amines) is 1. The number of carbonyl (C=O) groups excluding carboxylic acids is 1. The zero-order valence-electron chi connectivity index (χ0n) is 15.6. The average molecular weight is 395 g/mol. The van der Waals surface area contributed by atoms with E-state index in [1.165, 1.54) is 5.56 Å². The summed E-state index contributed by atoms with van der Waals surface area (Å²) in [5.41, 5.74) is 2.86. The highest BCUT2D eigenvalue weighted by Crippen LogP contribution is 2.17. The molecule has 0 aliphatic carbocycles. The molecule has 0 bridgehead atoms. The number of nitrogens with one attached hydrogen (secondary N) is 1. The molecule has 1 saturated heterocycles. The first kappa shape index (κ1) is 18.7. The molecule has 1 amide bonds. The normalized spacial score (nSPS) is 17.0. The Morgan fingerprint density at radius 3 is 2.71 bits per heavy atom. The van der Waals surface area contributed by atoms with Crippen molar-refractivity contribution in [1.29, 1.82) is 0 Å². The van der Waals surface area contributed by atoms with Gasteiger partial charge in [-0.05, 0) is 23.6 Å². The van der Waals surface area contributed by atoms with Gasteiger partial charge in [0.2, 0.25) is 0 Å². The van der Waals surface area contributed by atoms with Gasteiger partial charge in [-0.25, -0.2) is 0 Å². The molecular weight excluding hydrogens is 372 g/mol. The molecule has 0 saturated carbocycles. The lowest BCUT2D eigenvalue weighted by Crippen LogP contribution is -2.36. The summed E-state index contributed by atoms with van der Waals surface area (Å²) in [7, 11) is 0. The number of halogens is 1. The Hall–Kier alpha value is -2.63. The van der Waals surface area contributed by atoms with E-state index < -0.39 is 0 Å². The first-order valence-electron chi connectivity index (χ1n) is 9.50. The van der Waals surface area contributed by atoms with Crippen LogP contribution in [0.25, 0.3) is 0 Å². The van der Waals surface area contributed by atoms with Gasteiger partial charge in [0.15, 0.2) is 0 Å². The van der Waals surface area contributed by atoms with Gasteiger partial charge in [0.05, 0.1) is 18.3 Å². The van der Waals surface area contributed by atoms with Crippen molar-refractivity contribution in [1.82, 2.24) is 20.0 Å². The van der Waals surface area contributed by atoms with Crippen LogP contribution < -0.4 is 5.32 Å². The highest BCUT2D eigenvalue weighted by Gasteiger charge is 2.24. The fraction of sp³-hybridized carbons (Fsp3) is 0.273. The van der Waals surface area contributed by atoms with Crippen LogP contribution in [-0.4, -0.2) is 39.7 Å². The van der Waals surface area contributed by atoms with Crippen molar-refractivity contribution in [2.24, 2.45) is 0 Å². The summed E-state index contributed by atoms with van der Waals surface area (Å²) < 4.78 is 1.74. The quantitative estimate of drug-likeness (QED) is 0.695. The number of amides is 1. The number of carbonyl (C=O) groups is 1. The number of nitrogens with zero attached hydrogens (tertiary/aromatic N) is 3. The largest absolute Gasteiger partial charge is 0.348 e. The summed E-state index contributed by atoms with van der Waals surface area (Å²) in [5, 5.41) is 8.15. The summed E-state index contributed by atoms with van der Waals surface area (Å²) in [6.07, 6.45) is 4.35. The van der Waals surface area contributed by atoms with Crippen molar-refractivity contribution < 1.29 is 4.79 Å². The zero-order valence-corrected chi connectivity index (χ0v) is 16.3. The zero-order chi connectivity index (χ0) is 19.3. The van der Waals surface area contributed by atoms with E-state index in [-0.39, 0.29) is 11.9 Å². The Kier molecular flexibility index (Phi) is 5.74. The third kappa shape index (κ3) is 4.61. The minimum atomic E-state index is -0.0723. The molecular formula is C22H23ClN4O. The topological polar surface area (TPSA) is 50.2 Å². The summed E-state index contributed by atoms with van der Waals surface area (Å²) >= 11 is 6.20. The van der Waals surface area contributed by atoms with E-state index in [1.807, 2.05) is 30.3 Å². The molecule has 1 unspecified atom stereocenters. The van der Waals surface area contributed by atoms with Crippen molar-refractivity contribution in [2.45, 2.75) is 25.6 Å². The van der Waals surface area contributed by atoms with Gasteiger partial charge in [-0.15, -0.1) is 0 Å². The second kappa shape index (κ2) is 8.59. The SMILES string of the molecule is O=C(NC1CCN(Cc2ccccc2)C1)c1cnn(Cc2ccccc2Cl)c1. The van der Waals surface area contributed by atoms with Crippen LogP contribution in [0.1, 0.15) is 27.9 Å². The molecule has 28 heavy (non-hydrogen) atoms. The predicted molar refractivity (Wildman–Crippen MR) is 110 cm³/mol. The molecule has 1 atom stereocenters. The number of benzene rings is 2. The number of rotatable bonds is 6. The average Bonchev–Trinajstić information content (AvgIpc) is 3.34. The van der Waals surface area contributed by atoms with E-state index in [4.69, 9.17) is 11.6 Å². The first-order chi connectivity index (χ1) is 13.7. The molecule has 3 aromatic rings. The molecule has 0 spiro atoms. The minimum Gasteiger partial charge on any atom is -0.348 e. The molecule has 1 aromatic heterocycles. The lowest BCUT2D eigenvalue weighted by Gasteiger charge is -2.16. The van der Waals surface area contributed by atoms with Gasteiger partial charge in [-0.2, -0.15) is 5.10 Å². The van der Waals surface area contributed by atoms with Crippen molar-refractivity contribution in [3.8, 4) is 0 Å². The summed E-state index contributed by atoms with van der Waals surface area (Å²) in [5.74, 6) is -0.0723. The van der Waals surface area contributed by atoms with Crippen LogP contribution in [0.4, 0.5) is 0 Å². The van der Waals surface area contributed by atoms with Crippen molar-refractivity contribution in [3.63, 3.8) is 0 Å². The molecule has 144 valence electrons. The lowest BCUT2D eigenvalue weighted by molar-refractivity contribution is 0.0937. The van der Waals surface area contributed by atoms with Crippen molar-refractivity contribution in [3.05, 3.63) is 88.7 Å². The van der Waals surface area contributed by atoms with Crippen LogP contribution >= 0.6 is 11.6 Å². The van der Waals surface area contributed by atoms with Crippen LogP contribution in [0.15, 0.2) is 67.0 Å². The Balaban J connectivity index is 1.31. The lowest BCUT2D eigenvalue weighted by atomic mass is 10.2. The smallest absolute Gasteiger partial charge is 0.254 e. The van der Waals surface area contributed by atoms with E-state index >= 15 is 0 Å². The van der Waals surface area contributed by atoms with Crippen LogP contribution in [0.2, 0.25) is 5.02 Å². The van der Waals surface area contributed by atoms with Crippen molar-refractivity contribution in [2.75, 3.05) is 13.1 Å². The number of aromatic nitrogens is 2. The summed E-state index contributed by atoms with van der Waals surface area (Å²) in [6, 6.07) is 18.3. The fourth-order valence-corrected chi connectivity index (χ4v) is 3.77.